The molecule has 0 saturated heterocycles. The number of carbonyl (C=O) groups is 1. The van der Waals surface area contributed by atoms with E-state index in [1.807, 2.05) is 42.5 Å². The van der Waals surface area contributed by atoms with Gasteiger partial charge in [-0.05, 0) is 39.7 Å². The van der Waals surface area contributed by atoms with Gasteiger partial charge in [-0.15, -0.1) is 0 Å². The van der Waals surface area contributed by atoms with Gasteiger partial charge in [0.25, 0.3) is 0 Å². The van der Waals surface area contributed by atoms with Gasteiger partial charge < -0.3 is 9.47 Å². The maximum atomic E-state index is 12.2. The molecule has 0 fully saturated rings. The third kappa shape index (κ3) is 4.08. The number of halogens is 1. The van der Waals surface area contributed by atoms with Crippen molar-refractivity contribution in [1.29, 1.82) is 0 Å². The van der Waals surface area contributed by atoms with E-state index in [2.05, 4.69) is 15.9 Å². The lowest BCUT2D eigenvalue weighted by Gasteiger charge is -2.08. The van der Waals surface area contributed by atoms with E-state index >= 15 is 0 Å². The smallest absolute Gasteiger partial charge is 0.141 e. The molecular formula is C17H17BrO3. The molecule has 0 atom stereocenters. The van der Waals surface area contributed by atoms with Gasteiger partial charge in [-0.3, -0.25) is 4.79 Å². The SMILES string of the molecule is COc1ccc(CC(=O)Cc2ccccc2OC)cc1Br. The van der Waals surface area contributed by atoms with Crippen LogP contribution < -0.4 is 9.47 Å². The van der Waals surface area contributed by atoms with Crippen LogP contribution in [-0.4, -0.2) is 20.0 Å². The molecule has 0 unspecified atom stereocenters. The zero-order chi connectivity index (χ0) is 15.2. The first-order valence-electron chi connectivity index (χ1n) is 6.60. The van der Waals surface area contributed by atoms with Gasteiger partial charge in [-0.1, -0.05) is 24.3 Å². The molecule has 4 heteroatoms. The maximum absolute atomic E-state index is 12.2. The Morgan fingerprint density at radius 1 is 1.00 bits per heavy atom. The van der Waals surface area contributed by atoms with Crippen molar-refractivity contribution in [3.63, 3.8) is 0 Å². The van der Waals surface area contributed by atoms with Gasteiger partial charge in [-0.25, -0.2) is 0 Å². The Morgan fingerprint density at radius 3 is 2.38 bits per heavy atom. The largest absolute Gasteiger partial charge is 0.496 e. The van der Waals surface area contributed by atoms with Crippen molar-refractivity contribution in [3.8, 4) is 11.5 Å². The molecule has 3 nitrogen and oxygen atoms in total. The third-order valence-electron chi connectivity index (χ3n) is 3.20. The van der Waals surface area contributed by atoms with Crippen LogP contribution in [-0.2, 0) is 17.6 Å². The molecule has 2 rings (SSSR count). The summed E-state index contributed by atoms with van der Waals surface area (Å²) in [6.07, 6.45) is 0.758. The zero-order valence-electron chi connectivity index (χ0n) is 12.1. The monoisotopic (exact) mass is 348 g/mol. The summed E-state index contributed by atoms with van der Waals surface area (Å²) in [6.45, 7) is 0. The fourth-order valence-electron chi connectivity index (χ4n) is 2.17. The van der Waals surface area contributed by atoms with E-state index in [1.54, 1.807) is 14.2 Å². The van der Waals surface area contributed by atoms with Crippen LogP contribution in [0.25, 0.3) is 0 Å². The van der Waals surface area contributed by atoms with E-state index < -0.39 is 0 Å². The molecule has 0 aliphatic carbocycles. The summed E-state index contributed by atoms with van der Waals surface area (Å²) in [5, 5.41) is 0. The summed E-state index contributed by atoms with van der Waals surface area (Å²) >= 11 is 3.43. The molecule has 0 spiro atoms. The van der Waals surface area contributed by atoms with E-state index in [4.69, 9.17) is 9.47 Å². The second-order valence-electron chi connectivity index (χ2n) is 4.67. The number of ketones is 1. The summed E-state index contributed by atoms with van der Waals surface area (Å²) < 4.78 is 11.3. The van der Waals surface area contributed by atoms with E-state index in [1.165, 1.54) is 0 Å². The van der Waals surface area contributed by atoms with Gasteiger partial charge in [0.05, 0.1) is 18.7 Å². The Morgan fingerprint density at radius 2 is 1.71 bits per heavy atom. The normalized spacial score (nSPS) is 10.2. The fourth-order valence-corrected chi connectivity index (χ4v) is 2.76. The van der Waals surface area contributed by atoms with Crippen molar-refractivity contribution in [2.24, 2.45) is 0 Å². The molecule has 0 aliphatic rings. The first-order valence-corrected chi connectivity index (χ1v) is 7.39. The van der Waals surface area contributed by atoms with E-state index in [9.17, 15) is 4.79 Å². The second kappa shape index (κ2) is 7.27. The highest BCUT2D eigenvalue weighted by molar-refractivity contribution is 9.10. The third-order valence-corrected chi connectivity index (χ3v) is 3.82. The summed E-state index contributed by atoms with van der Waals surface area (Å²) in [4.78, 5) is 12.2. The molecule has 0 amide bonds. The molecule has 0 N–H and O–H groups in total. The minimum absolute atomic E-state index is 0.150. The summed E-state index contributed by atoms with van der Waals surface area (Å²) in [7, 11) is 3.23. The van der Waals surface area contributed by atoms with Crippen LogP contribution >= 0.6 is 15.9 Å². The Labute approximate surface area is 133 Å². The lowest BCUT2D eigenvalue weighted by Crippen LogP contribution is -2.07. The zero-order valence-corrected chi connectivity index (χ0v) is 13.6. The second-order valence-corrected chi connectivity index (χ2v) is 5.53. The maximum Gasteiger partial charge on any atom is 0.141 e. The number of rotatable bonds is 6. The van der Waals surface area contributed by atoms with Crippen molar-refractivity contribution < 1.29 is 14.3 Å². The first kappa shape index (κ1) is 15.6. The molecule has 0 bridgehead atoms. The van der Waals surface area contributed by atoms with Gasteiger partial charge in [0.1, 0.15) is 17.3 Å². The topological polar surface area (TPSA) is 35.5 Å². The van der Waals surface area contributed by atoms with Gasteiger partial charge in [0.2, 0.25) is 0 Å². The van der Waals surface area contributed by atoms with Crippen molar-refractivity contribution in [2.75, 3.05) is 14.2 Å². The average molecular weight is 349 g/mol. The van der Waals surface area contributed by atoms with Crippen LogP contribution in [0.3, 0.4) is 0 Å². The fraction of sp³-hybridized carbons (Fsp3) is 0.235. The lowest BCUT2D eigenvalue weighted by molar-refractivity contribution is -0.117. The van der Waals surface area contributed by atoms with Crippen LogP contribution in [0, 0.1) is 0 Å². The lowest BCUT2D eigenvalue weighted by atomic mass is 10.0. The average Bonchev–Trinajstić information content (AvgIpc) is 2.48. The Balaban J connectivity index is 2.06. The highest BCUT2D eigenvalue weighted by Gasteiger charge is 2.10. The number of ether oxygens (including phenoxy) is 2. The molecule has 110 valence electrons. The quantitative estimate of drug-likeness (QED) is 0.795. The van der Waals surface area contributed by atoms with Gasteiger partial charge in [0.15, 0.2) is 0 Å². The molecule has 21 heavy (non-hydrogen) atoms. The van der Waals surface area contributed by atoms with Crippen molar-refractivity contribution in [3.05, 3.63) is 58.1 Å². The van der Waals surface area contributed by atoms with E-state index in [-0.39, 0.29) is 5.78 Å². The summed E-state index contributed by atoms with van der Waals surface area (Å²) in [6, 6.07) is 13.3. The predicted octanol–water partition coefficient (Wildman–Crippen LogP) is 3.82. The molecule has 2 aromatic rings. The number of Topliss-reactive ketones (excluding diaryl/α,β-unsaturated/α-hetero) is 1. The van der Waals surface area contributed by atoms with Crippen molar-refractivity contribution in [2.45, 2.75) is 12.8 Å². The molecule has 0 saturated carbocycles. The van der Waals surface area contributed by atoms with Gasteiger partial charge in [-0.2, -0.15) is 0 Å². The first-order chi connectivity index (χ1) is 10.1. The standard InChI is InChI=1S/C17H17BrO3/c1-20-16-6-4-3-5-13(16)11-14(19)9-12-7-8-17(21-2)15(18)10-12/h3-8,10H,9,11H2,1-2H3. The molecule has 2 aromatic carbocycles. The predicted molar refractivity (Wildman–Crippen MR) is 86.1 cm³/mol. The van der Waals surface area contributed by atoms with Crippen LogP contribution in [0.15, 0.2) is 46.9 Å². The van der Waals surface area contributed by atoms with E-state index in [0.717, 1.165) is 27.1 Å². The van der Waals surface area contributed by atoms with Crippen LogP contribution in [0.2, 0.25) is 0 Å². The summed E-state index contributed by atoms with van der Waals surface area (Å²) in [5.74, 6) is 1.66. The Hall–Kier alpha value is -1.81. The molecule has 0 radical (unpaired) electrons. The number of hydrogen-bond donors (Lipinski definition) is 0. The van der Waals surface area contributed by atoms with Crippen LogP contribution in [0.4, 0.5) is 0 Å². The van der Waals surface area contributed by atoms with Gasteiger partial charge in [0, 0.05) is 18.4 Å². The molecule has 0 aromatic heterocycles. The van der Waals surface area contributed by atoms with Crippen LogP contribution in [0.1, 0.15) is 11.1 Å². The van der Waals surface area contributed by atoms with Crippen molar-refractivity contribution in [1.82, 2.24) is 0 Å². The highest BCUT2D eigenvalue weighted by Crippen LogP contribution is 2.26. The number of methoxy groups -OCH3 is 2. The summed E-state index contributed by atoms with van der Waals surface area (Å²) in [5.41, 5.74) is 1.88. The van der Waals surface area contributed by atoms with Gasteiger partial charge >= 0.3 is 0 Å². The minimum Gasteiger partial charge on any atom is -0.496 e. The molecule has 0 aliphatic heterocycles. The van der Waals surface area contributed by atoms with Crippen molar-refractivity contribution >= 4 is 21.7 Å². The number of carbonyl (C=O) groups excluding carboxylic acids is 1. The number of para-hydroxylation sites is 1. The number of hydrogen-bond acceptors (Lipinski definition) is 3. The Kier molecular flexibility index (Phi) is 5.39. The van der Waals surface area contributed by atoms with Crippen LogP contribution in [0.5, 0.6) is 11.5 Å². The number of benzene rings is 2. The van der Waals surface area contributed by atoms with E-state index in [0.29, 0.717) is 12.8 Å². The minimum atomic E-state index is 0.150. The Bertz CT molecular complexity index is 638. The molecular weight excluding hydrogens is 332 g/mol. The highest BCUT2D eigenvalue weighted by atomic mass is 79.9. The molecule has 0 heterocycles.